The first-order valence-electron chi connectivity index (χ1n) is 6.61. The molecule has 0 bridgehead atoms. The third-order valence-electron chi connectivity index (χ3n) is 3.39. The number of tetrazole rings is 1. The predicted octanol–water partition coefficient (Wildman–Crippen LogP) is 0.568. The van der Waals surface area contributed by atoms with Gasteiger partial charge >= 0.3 is 0 Å². The Morgan fingerprint density at radius 2 is 2.40 bits per heavy atom. The van der Waals surface area contributed by atoms with Crippen LogP contribution in [0.3, 0.4) is 0 Å². The van der Waals surface area contributed by atoms with Gasteiger partial charge in [-0.2, -0.15) is 0 Å². The SMILES string of the molecule is Cn1nnnc1-c1cccc(NC(=O)[C@@H]2CCCN2)c1. The minimum absolute atomic E-state index is 0.00994. The molecule has 0 unspecified atom stereocenters. The quantitative estimate of drug-likeness (QED) is 0.853. The molecule has 2 aromatic rings. The molecule has 7 heteroatoms. The van der Waals surface area contributed by atoms with Gasteiger partial charge in [0.2, 0.25) is 5.91 Å². The predicted molar refractivity (Wildman–Crippen MR) is 73.9 cm³/mol. The zero-order chi connectivity index (χ0) is 13.9. The molecule has 2 heterocycles. The lowest BCUT2D eigenvalue weighted by Gasteiger charge is -2.11. The number of hydrogen-bond acceptors (Lipinski definition) is 5. The van der Waals surface area contributed by atoms with Crippen molar-refractivity contribution in [3.63, 3.8) is 0 Å². The molecule has 3 rings (SSSR count). The van der Waals surface area contributed by atoms with Gasteiger partial charge < -0.3 is 10.6 Å². The molecule has 1 aliphatic heterocycles. The van der Waals surface area contributed by atoms with Crippen molar-refractivity contribution in [3.05, 3.63) is 24.3 Å². The van der Waals surface area contributed by atoms with Crippen LogP contribution in [0.15, 0.2) is 24.3 Å². The molecule has 7 nitrogen and oxygen atoms in total. The summed E-state index contributed by atoms with van der Waals surface area (Å²) in [5.74, 6) is 0.677. The second-order valence-corrected chi connectivity index (χ2v) is 4.85. The molecule has 104 valence electrons. The monoisotopic (exact) mass is 272 g/mol. The zero-order valence-corrected chi connectivity index (χ0v) is 11.2. The minimum Gasteiger partial charge on any atom is -0.325 e. The maximum absolute atomic E-state index is 12.1. The molecule has 1 aromatic carbocycles. The molecule has 0 radical (unpaired) electrons. The number of carbonyl (C=O) groups is 1. The van der Waals surface area contributed by atoms with Crippen LogP contribution in [-0.4, -0.2) is 38.7 Å². The van der Waals surface area contributed by atoms with E-state index in [1.807, 2.05) is 24.3 Å². The summed E-state index contributed by atoms with van der Waals surface area (Å²) in [7, 11) is 1.78. The normalized spacial score (nSPS) is 18.1. The number of hydrogen-bond donors (Lipinski definition) is 2. The fraction of sp³-hybridized carbons (Fsp3) is 0.385. The Labute approximate surface area is 116 Å². The third kappa shape index (κ3) is 2.53. The molecule has 1 atom stereocenters. The summed E-state index contributed by atoms with van der Waals surface area (Å²) in [6.07, 6.45) is 1.93. The number of nitrogens with zero attached hydrogens (tertiary/aromatic N) is 4. The van der Waals surface area contributed by atoms with Gasteiger partial charge in [0.05, 0.1) is 6.04 Å². The number of aromatic nitrogens is 4. The molecule has 2 N–H and O–H groups in total. The van der Waals surface area contributed by atoms with Gasteiger partial charge in [-0.05, 0) is 41.9 Å². The van der Waals surface area contributed by atoms with Crippen LogP contribution in [0.25, 0.3) is 11.4 Å². The highest BCUT2D eigenvalue weighted by molar-refractivity contribution is 5.95. The van der Waals surface area contributed by atoms with E-state index in [2.05, 4.69) is 26.2 Å². The molecule has 0 spiro atoms. The molecular formula is C13H16N6O. The maximum atomic E-state index is 12.1. The Bertz CT molecular complexity index is 617. The topological polar surface area (TPSA) is 84.7 Å². The summed E-state index contributed by atoms with van der Waals surface area (Å²) in [4.78, 5) is 12.1. The van der Waals surface area contributed by atoms with E-state index >= 15 is 0 Å². The van der Waals surface area contributed by atoms with Crippen molar-refractivity contribution in [1.82, 2.24) is 25.5 Å². The van der Waals surface area contributed by atoms with E-state index in [-0.39, 0.29) is 11.9 Å². The van der Waals surface area contributed by atoms with Gasteiger partial charge in [-0.15, -0.1) is 5.10 Å². The Morgan fingerprint density at radius 3 is 3.10 bits per heavy atom. The van der Waals surface area contributed by atoms with Crippen LogP contribution in [0.1, 0.15) is 12.8 Å². The van der Waals surface area contributed by atoms with E-state index in [1.165, 1.54) is 0 Å². The average Bonchev–Trinajstić information content (AvgIpc) is 3.10. The Kier molecular flexibility index (Phi) is 3.42. The number of benzene rings is 1. The first-order valence-corrected chi connectivity index (χ1v) is 6.61. The molecule has 1 aromatic heterocycles. The van der Waals surface area contributed by atoms with Crippen molar-refractivity contribution in [2.75, 3.05) is 11.9 Å². The third-order valence-corrected chi connectivity index (χ3v) is 3.39. The summed E-state index contributed by atoms with van der Waals surface area (Å²) in [5.41, 5.74) is 1.62. The van der Waals surface area contributed by atoms with Crippen molar-refractivity contribution in [2.24, 2.45) is 7.05 Å². The largest absolute Gasteiger partial charge is 0.325 e. The Hall–Kier alpha value is -2.28. The van der Waals surface area contributed by atoms with Crippen LogP contribution in [0, 0.1) is 0 Å². The van der Waals surface area contributed by atoms with Gasteiger partial charge in [0.25, 0.3) is 0 Å². The van der Waals surface area contributed by atoms with Crippen molar-refractivity contribution in [1.29, 1.82) is 0 Å². The Balaban J connectivity index is 1.78. The number of aryl methyl sites for hydroxylation is 1. The highest BCUT2D eigenvalue weighted by Crippen LogP contribution is 2.20. The minimum atomic E-state index is -0.0878. The van der Waals surface area contributed by atoms with Crippen LogP contribution in [0.4, 0.5) is 5.69 Å². The van der Waals surface area contributed by atoms with Gasteiger partial charge in [0.1, 0.15) is 0 Å². The van der Waals surface area contributed by atoms with Crippen LogP contribution >= 0.6 is 0 Å². The maximum Gasteiger partial charge on any atom is 0.241 e. The van der Waals surface area contributed by atoms with Gasteiger partial charge in [-0.25, -0.2) is 4.68 Å². The molecular weight excluding hydrogens is 256 g/mol. The van der Waals surface area contributed by atoms with Crippen molar-refractivity contribution >= 4 is 11.6 Å². The molecule has 0 aliphatic carbocycles. The van der Waals surface area contributed by atoms with Gasteiger partial charge in [-0.1, -0.05) is 12.1 Å². The van der Waals surface area contributed by atoms with Crippen molar-refractivity contribution in [3.8, 4) is 11.4 Å². The summed E-state index contributed by atoms with van der Waals surface area (Å²) < 4.78 is 1.60. The average molecular weight is 272 g/mol. The van der Waals surface area contributed by atoms with Gasteiger partial charge in [-0.3, -0.25) is 4.79 Å². The van der Waals surface area contributed by atoms with E-state index in [0.717, 1.165) is 30.6 Å². The number of carbonyl (C=O) groups excluding carboxylic acids is 1. The van der Waals surface area contributed by atoms with Gasteiger partial charge in [0.15, 0.2) is 5.82 Å². The van der Waals surface area contributed by atoms with E-state index in [1.54, 1.807) is 11.7 Å². The fourth-order valence-corrected chi connectivity index (χ4v) is 2.35. The highest BCUT2D eigenvalue weighted by Gasteiger charge is 2.21. The lowest BCUT2D eigenvalue weighted by atomic mass is 10.1. The van der Waals surface area contributed by atoms with Crippen LogP contribution in [0.2, 0.25) is 0 Å². The molecule has 1 saturated heterocycles. The second-order valence-electron chi connectivity index (χ2n) is 4.85. The summed E-state index contributed by atoms with van der Waals surface area (Å²) >= 11 is 0. The zero-order valence-electron chi connectivity index (χ0n) is 11.2. The second kappa shape index (κ2) is 5.38. The van der Waals surface area contributed by atoms with E-state index in [0.29, 0.717) is 5.82 Å². The van der Waals surface area contributed by atoms with Crippen LogP contribution < -0.4 is 10.6 Å². The standard InChI is InChI=1S/C13H16N6O/c1-19-12(16-17-18-19)9-4-2-5-10(8-9)15-13(20)11-6-3-7-14-11/h2,4-5,8,11,14H,3,6-7H2,1H3,(H,15,20)/t11-/m0/s1. The molecule has 1 amide bonds. The smallest absolute Gasteiger partial charge is 0.241 e. The summed E-state index contributed by atoms with van der Waals surface area (Å²) in [6, 6.07) is 7.44. The number of anilines is 1. The van der Waals surface area contributed by atoms with Crippen molar-refractivity contribution < 1.29 is 4.79 Å². The number of nitrogens with one attached hydrogen (secondary N) is 2. The Morgan fingerprint density at radius 1 is 1.50 bits per heavy atom. The lowest BCUT2D eigenvalue weighted by Crippen LogP contribution is -2.35. The van der Waals surface area contributed by atoms with Crippen LogP contribution in [-0.2, 0) is 11.8 Å². The molecule has 20 heavy (non-hydrogen) atoms. The molecule has 1 fully saturated rings. The fourth-order valence-electron chi connectivity index (χ4n) is 2.35. The summed E-state index contributed by atoms with van der Waals surface area (Å²) in [6.45, 7) is 0.905. The van der Waals surface area contributed by atoms with E-state index < -0.39 is 0 Å². The van der Waals surface area contributed by atoms with E-state index in [4.69, 9.17) is 0 Å². The number of amides is 1. The van der Waals surface area contributed by atoms with Gasteiger partial charge in [0, 0.05) is 18.3 Å². The van der Waals surface area contributed by atoms with Crippen LogP contribution in [0.5, 0.6) is 0 Å². The molecule has 1 aliphatic rings. The summed E-state index contributed by atoms with van der Waals surface area (Å²) in [5, 5.41) is 17.5. The first-order chi connectivity index (χ1) is 9.74. The van der Waals surface area contributed by atoms with E-state index in [9.17, 15) is 4.79 Å². The lowest BCUT2D eigenvalue weighted by molar-refractivity contribution is -0.117. The first kappa shape index (κ1) is 12.7. The van der Waals surface area contributed by atoms with Crippen molar-refractivity contribution in [2.45, 2.75) is 18.9 Å². The number of rotatable bonds is 3. The highest BCUT2D eigenvalue weighted by atomic mass is 16.2. The molecule has 0 saturated carbocycles.